The van der Waals surface area contributed by atoms with Gasteiger partial charge in [0, 0.05) is 13.0 Å². The van der Waals surface area contributed by atoms with Crippen molar-refractivity contribution in [3.05, 3.63) is 28.8 Å². The van der Waals surface area contributed by atoms with Gasteiger partial charge in [-0.15, -0.1) is 0 Å². The number of hydrogen-bond acceptors (Lipinski definition) is 4. The van der Waals surface area contributed by atoms with Gasteiger partial charge in [-0.1, -0.05) is 11.6 Å². The smallest absolute Gasteiger partial charge is 0.328 e. The summed E-state index contributed by atoms with van der Waals surface area (Å²) in [6.07, 6.45) is 2.35. The second kappa shape index (κ2) is 6.80. The van der Waals surface area contributed by atoms with Crippen LogP contribution < -0.4 is 9.47 Å². The second-order valence-electron chi connectivity index (χ2n) is 3.53. The quantitative estimate of drug-likeness (QED) is 0.511. The molecule has 0 aliphatic rings. The summed E-state index contributed by atoms with van der Waals surface area (Å²) in [7, 11) is 0. The standard InChI is InChI=1S/C13H13ClO5/c1-3-18-11-7-9(4-5-12(16)17)6-10(14)13(11)19-8(2)15/h4-7H,3H2,1-2H3,(H,16,17)/b5-4+. The molecule has 0 aliphatic carbocycles. The summed E-state index contributed by atoms with van der Waals surface area (Å²) in [5.74, 6) is -1.17. The second-order valence-corrected chi connectivity index (χ2v) is 3.94. The molecule has 0 radical (unpaired) electrons. The fraction of sp³-hybridized carbons (Fsp3) is 0.231. The van der Waals surface area contributed by atoms with Crippen LogP contribution >= 0.6 is 11.6 Å². The maximum absolute atomic E-state index is 11.0. The van der Waals surface area contributed by atoms with Gasteiger partial charge in [-0.25, -0.2) is 4.79 Å². The van der Waals surface area contributed by atoms with Gasteiger partial charge in [-0.3, -0.25) is 4.79 Å². The highest BCUT2D eigenvalue weighted by molar-refractivity contribution is 6.32. The zero-order chi connectivity index (χ0) is 14.4. The first-order valence-corrected chi connectivity index (χ1v) is 5.87. The van der Waals surface area contributed by atoms with E-state index < -0.39 is 11.9 Å². The van der Waals surface area contributed by atoms with E-state index in [2.05, 4.69) is 0 Å². The van der Waals surface area contributed by atoms with Crippen molar-refractivity contribution in [1.29, 1.82) is 0 Å². The number of hydrogen-bond donors (Lipinski definition) is 1. The first kappa shape index (κ1) is 15.0. The Labute approximate surface area is 115 Å². The molecule has 0 unspecified atom stereocenters. The molecule has 0 spiro atoms. The number of esters is 1. The number of aliphatic carboxylic acids is 1. The van der Waals surface area contributed by atoms with E-state index in [0.717, 1.165) is 6.08 Å². The van der Waals surface area contributed by atoms with Crippen LogP contribution in [-0.2, 0) is 9.59 Å². The van der Waals surface area contributed by atoms with Crippen molar-refractivity contribution in [3.63, 3.8) is 0 Å². The SMILES string of the molecule is CCOc1cc(/C=C/C(=O)O)cc(Cl)c1OC(C)=O. The predicted molar refractivity (Wildman–Crippen MR) is 70.6 cm³/mol. The topological polar surface area (TPSA) is 72.8 Å². The minimum Gasteiger partial charge on any atom is -0.490 e. The normalized spacial score (nSPS) is 10.5. The minimum atomic E-state index is -1.07. The first-order chi connectivity index (χ1) is 8.93. The highest BCUT2D eigenvalue weighted by atomic mass is 35.5. The van der Waals surface area contributed by atoms with Crippen LogP contribution in [0.5, 0.6) is 11.5 Å². The maximum Gasteiger partial charge on any atom is 0.328 e. The lowest BCUT2D eigenvalue weighted by Gasteiger charge is -2.12. The Morgan fingerprint density at radius 2 is 2.11 bits per heavy atom. The molecule has 1 N–H and O–H groups in total. The van der Waals surface area contributed by atoms with Crippen molar-refractivity contribution in [2.45, 2.75) is 13.8 Å². The van der Waals surface area contributed by atoms with Gasteiger partial charge in [0.2, 0.25) is 0 Å². The number of carbonyl (C=O) groups is 2. The van der Waals surface area contributed by atoms with Gasteiger partial charge in [0.25, 0.3) is 0 Å². The predicted octanol–water partition coefficient (Wildman–Crippen LogP) is 2.76. The van der Waals surface area contributed by atoms with Gasteiger partial charge in [0.15, 0.2) is 11.5 Å². The van der Waals surface area contributed by atoms with Crippen LogP contribution in [0.15, 0.2) is 18.2 Å². The van der Waals surface area contributed by atoms with E-state index >= 15 is 0 Å². The summed E-state index contributed by atoms with van der Waals surface area (Å²) in [6.45, 7) is 3.38. The number of benzene rings is 1. The largest absolute Gasteiger partial charge is 0.490 e. The molecule has 19 heavy (non-hydrogen) atoms. The average Bonchev–Trinajstić information content (AvgIpc) is 2.31. The van der Waals surface area contributed by atoms with E-state index in [4.69, 9.17) is 26.2 Å². The van der Waals surface area contributed by atoms with E-state index in [-0.39, 0.29) is 16.5 Å². The van der Waals surface area contributed by atoms with Crippen LogP contribution in [0.3, 0.4) is 0 Å². The third kappa shape index (κ3) is 4.63. The molecule has 0 bridgehead atoms. The van der Waals surface area contributed by atoms with Crippen LogP contribution in [0.25, 0.3) is 6.08 Å². The lowest BCUT2D eigenvalue weighted by atomic mass is 10.2. The summed E-state index contributed by atoms with van der Waals surface area (Å²) in [6, 6.07) is 3.04. The minimum absolute atomic E-state index is 0.128. The Kier molecular flexibility index (Phi) is 5.38. The Morgan fingerprint density at radius 1 is 1.42 bits per heavy atom. The van der Waals surface area contributed by atoms with Crippen LogP contribution in [0.2, 0.25) is 5.02 Å². The van der Waals surface area contributed by atoms with Crippen molar-refractivity contribution in [3.8, 4) is 11.5 Å². The maximum atomic E-state index is 11.0. The third-order valence-electron chi connectivity index (χ3n) is 2.00. The van der Waals surface area contributed by atoms with Crippen molar-refractivity contribution < 1.29 is 24.2 Å². The molecule has 0 aromatic heterocycles. The van der Waals surface area contributed by atoms with E-state index in [0.29, 0.717) is 12.2 Å². The molecule has 0 heterocycles. The number of ether oxygens (including phenoxy) is 2. The number of carboxylic acid groups (broad SMARTS) is 1. The molecule has 5 nitrogen and oxygen atoms in total. The van der Waals surface area contributed by atoms with Crippen molar-refractivity contribution in [2.75, 3.05) is 6.61 Å². The average molecular weight is 285 g/mol. The molecule has 1 aromatic rings. The van der Waals surface area contributed by atoms with E-state index in [1.807, 2.05) is 0 Å². The van der Waals surface area contributed by atoms with Gasteiger partial charge in [0.05, 0.1) is 11.6 Å². The monoisotopic (exact) mass is 284 g/mol. The fourth-order valence-corrected chi connectivity index (χ4v) is 1.62. The number of rotatable bonds is 5. The fourth-order valence-electron chi connectivity index (χ4n) is 1.36. The summed E-state index contributed by atoms with van der Waals surface area (Å²) in [4.78, 5) is 21.5. The molecular formula is C13H13ClO5. The van der Waals surface area contributed by atoms with Gasteiger partial charge in [-0.05, 0) is 30.7 Å². The van der Waals surface area contributed by atoms with E-state index in [1.165, 1.54) is 19.1 Å². The molecule has 0 amide bonds. The zero-order valence-electron chi connectivity index (χ0n) is 10.5. The van der Waals surface area contributed by atoms with Crippen LogP contribution in [0, 0.1) is 0 Å². The van der Waals surface area contributed by atoms with E-state index in [1.54, 1.807) is 13.0 Å². The molecule has 0 saturated heterocycles. The Balaban J connectivity index is 3.19. The molecule has 0 saturated carbocycles. The Morgan fingerprint density at radius 3 is 2.63 bits per heavy atom. The molecule has 0 atom stereocenters. The molecule has 0 fully saturated rings. The number of halogens is 1. The van der Waals surface area contributed by atoms with Gasteiger partial charge < -0.3 is 14.6 Å². The van der Waals surface area contributed by atoms with Crippen molar-refractivity contribution in [1.82, 2.24) is 0 Å². The van der Waals surface area contributed by atoms with Crippen molar-refractivity contribution in [2.24, 2.45) is 0 Å². The Bertz CT molecular complexity index is 522. The summed E-state index contributed by atoms with van der Waals surface area (Å²) in [5, 5.41) is 8.74. The summed E-state index contributed by atoms with van der Waals surface area (Å²) < 4.78 is 10.3. The first-order valence-electron chi connectivity index (χ1n) is 5.49. The van der Waals surface area contributed by atoms with Crippen LogP contribution in [0.1, 0.15) is 19.4 Å². The molecule has 1 rings (SSSR count). The van der Waals surface area contributed by atoms with Gasteiger partial charge in [-0.2, -0.15) is 0 Å². The van der Waals surface area contributed by atoms with Gasteiger partial charge >= 0.3 is 11.9 Å². The van der Waals surface area contributed by atoms with Crippen molar-refractivity contribution >= 4 is 29.6 Å². The molecule has 102 valence electrons. The van der Waals surface area contributed by atoms with Crippen LogP contribution in [-0.4, -0.2) is 23.7 Å². The molecule has 6 heteroatoms. The zero-order valence-corrected chi connectivity index (χ0v) is 11.2. The highest BCUT2D eigenvalue weighted by Crippen LogP contribution is 2.37. The number of carbonyl (C=O) groups excluding carboxylic acids is 1. The Hall–Kier alpha value is -2.01. The molecule has 0 aliphatic heterocycles. The third-order valence-corrected chi connectivity index (χ3v) is 2.28. The lowest BCUT2D eigenvalue weighted by Crippen LogP contribution is -2.05. The molecular weight excluding hydrogens is 272 g/mol. The summed E-state index contributed by atoms with van der Waals surface area (Å²) in [5.41, 5.74) is 0.534. The molecule has 1 aromatic carbocycles. The van der Waals surface area contributed by atoms with E-state index in [9.17, 15) is 9.59 Å². The number of carboxylic acids is 1. The van der Waals surface area contributed by atoms with Crippen LogP contribution in [0.4, 0.5) is 0 Å². The summed E-state index contributed by atoms with van der Waals surface area (Å²) >= 11 is 5.99. The van der Waals surface area contributed by atoms with Gasteiger partial charge in [0.1, 0.15) is 0 Å². The lowest BCUT2D eigenvalue weighted by molar-refractivity contribution is -0.132. The highest BCUT2D eigenvalue weighted by Gasteiger charge is 2.13.